The first kappa shape index (κ1) is 13.1. The fourth-order valence-corrected chi connectivity index (χ4v) is 0.421. The Labute approximate surface area is 71.3 Å². The summed E-state index contributed by atoms with van der Waals surface area (Å²) in [6, 6.07) is 0. The van der Waals surface area contributed by atoms with E-state index < -0.39 is 0 Å². The van der Waals surface area contributed by atoms with Crippen molar-refractivity contribution in [2.75, 3.05) is 14.1 Å². The summed E-state index contributed by atoms with van der Waals surface area (Å²) in [6.45, 7) is 8.36. The van der Waals surface area contributed by atoms with Crippen molar-refractivity contribution in [2.45, 2.75) is 34.1 Å². The topological polar surface area (TPSA) is 15.6 Å². The molecule has 0 radical (unpaired) electrons. The molecular formula is C9H22N2. The Kier molecular flexibility index (Phi) is 11.3. The van der Waals surface area contributed by atoms with Crippen LogP contribution in [0.1, 0.15) is 34.1 Å². The molecule has 0 fully saturated rings. The predicted octanol–water partition coefficient (Wildman–Crippen LogP) is 2.61. The Hall–Kier alpha value is -0.530. The molecular weight excluding hydrogens is 136 g/mol. The van der Waals surface area contributed by atoms with Crippen LogP contribution in [-0.2, 0) is 0 Å². The second-order valence-electron chi connectivity index (χ2n) is 2.77. The number of hydrogen-bond donors (Lipinski definition) is 0. The molecule has 0 amide bonds. The van der Waals surface area contributed by atoms with Crippen LogP contribution >= 0.6 is 0 Å². The Bertz CT molecular complexity index is 85.6. The van der Waals surface area contributed by atoms with Crippen molar-refractivity contribution >= 4 is 6.21 Å². The van der Waals surface area contributed by atoms with Gasteiger partial charge in [0.05, 0.1) is 0 Å². The third kappa shape index (κ3) is 17.7. The summed E-state index contributed by atoms with van der Waals surface area (Å²) in [5.41, 5.74) is 0. The maximum atomic E-state index is 4.07. The molecule has 68 valence electrons. The zero-order valence-corrected chi connectivity index (χ0v) is 8.76. The van der Waals surface area contributed by atoms with Gasteiger partial charge < -0.3 is 5.01 Å². The molecule has 0 aromatic rings. The minimum atomic E-state index is 0.716. The Morgan fingerprint density at radius 1 is 1.27 bits per heavy atom. The minimum Gasteiger partial charge on any atom is -0.303 e. The van der Waals surface area contributed by atoms with Crippen LogP contribution < -0.4 is 0 Å². The quantitative estimate of drug-likeness (QED) is 0.455. The Balaban J connectivity index is 0. The Morgan fingerprint density at radius 2 is 1.73 bits per heavy atom. The van der Waals surface area contributed by atoms with E-state index in [0.29, 0.717) is 5.92 Å². The Morgan fingerprint density at radius 3 is 2.00 bits per heavy atom. The highest BCUT2D eigenvalue weighted by atomic mass is 15.4. The number of nitrogens with zero attached hydrogens (tertiary/aromatic N) is 2. The second kappa shape index (κ2) is 9.47. The van der Waals surface area contributed by atoms with Crippen molar-refractivity contribution < 1.29 is 0 Å². The van der Waals surface area contributed by atoms with Gasteiger partial charge in [-0.25, -0.2) is 0 Å². The summed E-state index contributed by atoms with van der Waals surface area (Å²) < 4.78 is 0. The molecule has 0 aliphatic heterocycles. The van der Waals surface area contributed by atoms with Crippen molar-refractivity contribution in [2.24, 2.45) is 11.0 Å². The summed E-state index contributed by atoms with van der Waals surface area (Å²) in [5, 5.41) is 5.88. The molecule has 0 rings (SSSR count). The lowest BCUT2D eigenvalue weighted by molar-refractivity contribution is 0.437. The number of hydrazone groups is 1. The van der Waals surface area contributed by atoms with E-state index in [1.54, 1.807) is 0 Å². The van der Waals surface area contributed by atoms with Crippen LogP contribution in [0.4, 0.5) is 0 Å². The van der Waals surface area contributed by atoms with Gasteiger partial charge in [-0.1, -0.05) is 27.7 Å². The van der Waals surface area contributed by atoms with Crippen LogP contribution in [0, 0.1) is 5.92 Å². The molecule has 2 nitrogen and oxygen atoms in total. The molecule has 0 aromatic heterocycles. The summed E-state index contributed by atoms with van der Waals surface area (Å²) in [7, 11) is 3.85. The van der Waals surface area contributed by atoms with Crippen molar-refractivity contribution in [1.82, 2.24) is 5.01 Å². The van der Waals surface area contributed by atoms with Crippen LogP contribution in [-0.4, -0.2) is 25.3 Å². The van der Waals surface area contributed by atoms with Crippen molar-refractivity contribution in [3.8, 4) is 0 Å². The summed E-state index contributed by atoms with van der Waals surface area (Å²) in [6.07, 6.45) is 3.02. The van der Waals surface area contributed by atoms with Crippen molar-refractivity contribution in [3.05, 3.63) is 0 Å². The molecule has 11 heavy (non-hydrogen) atoms. The van der Waals surface area contributed by atoms with Gasteiger partial charge in [0.15, 0.2) is 0 Å². The van der Waals surface area contributed by atoms with E-state index in [0.717, 1.165) is 6.42 Å². The largest absolute Gasteiger partial charge is 0.303 e. The van der Waals surface area contributed by atoms with Crippen LogP contribution in [0.5, 0.6) is 0 Å². The highest BCUT2D eigenvalue weighted by Gasteiger charge is 1.87. The zero-order chi connectivity index (χ0) is 9.28. The van der Waals surface area contributed by atoms with E-state index >= 15 is 0 Å². The van der Waals surface area contributed by atoms with Gasteiger partial charge in [-0.2, -0.15) is 5.10 Å². The molecule has 0 N–H and O–H groups in total. The monoisotopic (exact) mass is 158 g/mol. The lowest BCUT2D eigenvalue weighted by Crippen LogP contribution is -2.02. The third-order valence-electron chi connectivity index (χ3n) is 0.889. The summed E-state index contributed by atoms with van der Waals surface area (Å²) in [5.74, 6) is 0.716. The van der Waals surface area contributed by atoms with Gasteiger partial charge in [0.1, 0.15) is 0 Å². The molecule has 0 bridgehead atoms. The first-order valence-corrected chi connectivity index (χ1v) is 4.32. The van der Waals surface area contributed by atoms with Gasteiger partial charge in [-0.05, 0) is 12.3 Å². The molecule has 0 aliphatic rings. The SMILES string of the molecule is CC.CC(C)C/C=N\N(C)C. The first-order valence-electron chi connectivity index (χ1n) is 4.32. The zero-order valence-electron chi connectivity index (χ0n) is 8.76. The molecule has 0 aliphatic carbocycles. The summed E-state index contributed by atoms with van der Waals surface area (Å²) >= 11 is 0. The average molecular weight is 158 g/mol. The molecule has 0 aromatic carbocycles. The normalized spacial score (nSPS) is 9.73. The molecule has 0 saturated heterocycles. The van der Waals surface area contributed by atoms with Crippen LogP contribution in [0.15, 0.2) is 5.10 Å². The van der Waals surface area contributed by atoms with E-state index in [4.69, 9.17) is 0 Å². The highest BCUT2D eigenvalue weighted by Crippen LogP contribution is 1.94. The van der Waals surface area contributed by atoms with Crippen LogP contribution in [0.3, 0.4) is 0 Å². The van der Waals surface area contributed by atoms with E-state index in [1.807, 2.05) is 39.2 Å². The fourth-order valence-electron chi connectivity index (χ4n) is 0.421. The first-order chi connectivity index (χ1) is 5.13. The van der Waals surface area contributed by atoms with E-state index in [-0.39, 0.29) is 0 Å². The lowest BCUT2D eigenvalue weighted by atomic mass is 10.2. The van der Waals surface area contributed by atoms with E-state index in [9.17, 15) is 0 Å². The van der Waals surface area contributed by atoms with Gasteiger partial charge in [0.2, 0.25) is 0 Å². The standard InChI is InChI=1S/C7H16N2.C2H6/c1-7(2)5-6-8-9(3)4;1-2/h6-7H,5H2,1-4H3;1-2H3/b8-6-;. The van der Waals surface area contributed by atoms with Gasteiger partial charge in [-0.15, -0.1) is 0 Å². The van der Waals surface area contributed by atoms with Gasteiger partial charge >= 0.3 is 0 Å². The molecule has 0 heterocycles. The molecule has 0 atom stereocenters. The third-order valence-corrected chi connectivity index (χ3v) is 0.889. The van der Waals surface area contributed by atoms with Crippen LogP contribution in [0.25, 0.3) is 0 Å². The molecule has 2 heteroatoms. The summed E-state index contributed by atoms with van der Waals surface area (Å²) in [4.78, 5) is 0. The second-order valence-corrected chi connectivity index (χ2v) is 2.77. The maximum absolute atomic E-state index is 4.07. The predicted molar refractivity (Wildman–Crippen MR) is 53.0 cm³/mol. The van der Waals surface area contributed by atoms with Crippen LogP contribution in [0.2, 0.25) is 0 Å². The average Bonchev–Trinajstić information content (AvgIpc) is 1.90. The number of hydrogen-bond acceptors (Lipinski definition) is 2. The fraction of sp³-hybridized carbons (Fsp3) is 0.889. The van der Waals surface area contributed by atoms with Crippen molar-refractivity contribution in [3.63, 3.8) is 0 Å². The molecule has 0 spiro atoms. The lowest BCUT2D eigenvalue weighted by Gasteiger charge is -2.02. The van der Waals surface area contributed by atoms with E-state index in [1.165, 1.54) is 0 Å². The number of rotatable bonds is 3. The molecule has 0 unspecified atom stereocenters. The molecule has 0 saturated carbocycles. The van der Waals surface area contributed by atoms with Gasteiger partial charge in [0, 0.05) is 20.3 Å². The highest BCUT2D eigenvalue weighted by molar-refractivity contribution is 5.56. The van der Waals surface area contributed by atoms with Gasteiger partial charge in [0.25, 0.3) is 0 Å². The maximum Gasteiger partial charge on any atom is 0.0247 e. The smallest absolute Gasteiger partial charge is 0.0247 e. The van der Waals surface area contributed by atoms with Gasteiger partial charge in [-0.3, -0.25) is 0 Å². The van der Waals surface area contributed by atoms with Crippen molar-refractivity contribution in [1.29, 1.82) is 0 Å². The minimum absolute atomic E-state index is 0.716. The van der Waals surface area contributed by atoms with E-state index in [2.05, 4.69) is 18.9 Å².